The van der Waals surface area contributed by atoms with Crippen LogP contribution in [-0.2, 0) is 14.4 Å². The molecule has 2 amide bonds. The van der Waals surface area contributed by atoms with Gasteiger partial charge in [-0.25, -0.2) is 0 Å². The molecule has 7 heteroatoms. The highest BCUT2D eigenvalue weighted by Gasteiger charge is 2.43. The molecule has 2 fully saturated rings. The number of carbonyl (C=O) groups is 3. The normalized spacial score (nSPS) is 28.8. The van der Waals surface area contributed by atoms with Crippen LogP contribution in [-0.4, -0.2) is 40.9 Å². The largest absolute Gasteiger partial charge is 0.481 e. The van der Waals surface area contributed by atoms with Gasteiger partial charge in [0, 0.05) is 24.5 Å². The lowest BCUT2D eigenvalue weighted by molar-refractivity contribution is -0.143. The number of hydrogen-bond donors (Lipinski definition) is 2. The van der Waals surface area contributed by atoms with Crippen LogP contribution >= 0.6 is 11.6 Å². The molecule has 1 saturated carbocycles. The Balaban J connectivity index is 1.69. The van der Waals surface area contributed by atoms with Crippen LogP contribution in [0.4, 0.5) is 0 Å². The molecule has 0 aromatic heterocycles. The summed E-state index contributed by atoms with van der Waals surface area (Å²) in [5.74, 6) is -1.76. The second-order valence-corrected chi connectivity index (χ2v) is 7.65. The third-order valence-corrected chi connectivity index (χ3v) is 5.77. The van der Waals surface area contributed by atoms with Crippen molar-refractivity contribution in [3.05, 3.63) is 34.9 Å². The number of benzene rings is 1. The maximum atomic E-state index is 12.8. The Bertz CT molecular complexity index is 715. The van der Waals surface area contributed by atoms with Gasteiger partial charge >= 0.3 is 5.97 Å². The van der Waals surface area contributed by atoms with Gasteiger partial charge in [0.15, 0.2) is 0 Å². The van der Waals surface area contributed by atoms with Gasteiger partial charge in [0.25, 0.3) is 0 Å². The first kappa shape index (κ1) is 18.7. The summed E-state index contributed by atoms with van der Waals surface area (Å²) in [4.78, 5) is 37.7. The Hall–Kier alpha value is -2.08. The van der Waals surface area contributed by atoms with Crippen molar-refractivity contribution < 1.29 is 19.5 Å². The minimum atomic E-state index is -0.765. The summed E-state index contributed by atoms with van der Waals surface area (Å²) in [5, 5.41) is 12.7. The zero-order valence-corrected chi connectivity index (χ0v) is 15.4. The SMILES string of the molecule is CN1C(=O)C[C@H](C(=O)NC2CCC(C(=O)O)CC2)[C@H]1c1cccc(Cl)c1. The summed E-state index contributed by atoms with van der Waals surface area (Å²) in [6, 6.07) is 6.88. The van der Waals surface area contributed by atoms with E-state index in [2.05, 4.69) is 5.32 Å². The van der Waals surface area contributed by atoms with E-state index < -0.39 is 11.9 Å². The van der Waals surface area contributed by atoms with E-state index in [0.29, 0.717) is 30.7 Å². The average molecular weight is 379 g/mol. The number of carbonyl (C=O) groups excluding carboxylic acids is 2. The summed E-state index contributed by atoms with van der Waals surface area (Å²) >= 11 is 6.08. The molecule has 1 aromatic rings. The van der Waals surface area contributed by atoms with Gasteiger partial charge in [-0.3, -0.25) is 14.4 Å². The Kier molecular flexibility index (Phi) is 5.51. The molecular weight excluding hydrogens is 356 g/mol. The number of nitrogens with one attached hydrogen (secondary N) is 1. The lowest BCUT2D eigenvalue weighted by Gasteiger charge is -2.30. The van der Waals surface area contributed by atoms with Crippen molar-refractivity contribution in [2.75, 3.05) is 7.05 Å². The van der Waals surface area contributed by atoms with Crippen molar-refractivity contribution >= 4 is 29.4 Å². The highest BCUT2D eigenvalue weighted by atomic mass is 35.5. The van der Waals surface area contributed by atoms with Crippen molar-refractivity contribution in [2.24, 2.45) is 11.8 Å². The van der Waals surface area contributed by atoms with Crippen LogP contribution in [0.3, 0.4) is 0 Å². The second-order valence-electron chi connectivity index (χ2n) is 7.21. The number of nitrogens with zero attached hydrogens (tertiary/aromatic N) is 1. The van der Waals surface area contributed by atoms with Crippen molar-refractivity contribution in [1.29, 1.82) is 0 Å². The van der Waals surface area contributed by atoms with Crippen molar-refractivity contribution in [3.8, 4) is 0 Å². The molecule has 26 heavy (non-hydrogen) atoms. The molecule has 1 aromatic carbocycles. The molecule has 0 bridgehead atoms. The van der Waals surface area contributed by atoms with E-state index in [4.69, 9.17) is 16.7 Å². The van der Waals surface area contributed by atoms with E-state index in [9.17, 15) is 14.4 Å². The molecule has 2 aliphatic rings. The number of halogens is 1. The van der Waals surface area contributed by atoms with Crippen LogP contribution in [0.1, 0.15) is 43.7 Å². The number of aliphatic carboxylic acids is 1. The minimum absolute atomic E-state index is 0.0286. The number of likely N-dealkylation sites (tertiary alicyclic amines) is 1. The zero-order valence-electron chi connectivity index (χ0n) is 14.7. The van der Waals surface area contributed by atoms with E-state index in [1.165, 1.54) is 0 Å². The third kappa shape index (κ3) is 3.85. The molecule has 2 atom stereocenters. The highest BCUT2D eigenvalue weighted by molar-refractivity contribution is 6.30. The van der Waals surface area contributed by atoms with Crippen LogP contribution in [0.25, 0.3) is 0 Å². The van der Waals surface area contributed by atoms with Crippen LogP contribution in [0.15, 0.2) is 24.3 Å². The van der Waals surface area contributed by atoms with Gasteiger partial charge in [0.2, 0.25) is 11.8 Å². The summed E-state index contributed by atoms with van der Waals surface area (Å²) in [7, 11) is 1.71. The molecule has 3 rings (SSSR count). The fourth-order valence-electron chi connectivity index (χ4n) is 4.04. The Morgan fingerprint density at radius 1 is 1.23 bits per heavy atom. The molecular formula is C19H23ClN2O4. The monoisotopic (exact) mass is 378 g/mol. The molecule has 0 radical (unpaired) electrons. The average Bonchev–Trinajstić information content (AvgIpc) is 2.90. The van der Waals surface area contributed by atoms with Gasteiger partial charge in [-0.05, 0) is 43.4 Å². The van der Waals surface area contributed by atoms with Crippen molar-refractivity contribution in [2.45, 2.75) is 44.2 Å². The van der Waals surface area contributed by atoms with Gasteiger partial charge < -0.3 is 15.3 Å². The van der Waals surface area contributed by atoms with Gasteiger partial charge in [0.1, 0.15) is 0 Å². The third-order valence-electron chi connectivity index (χ3n) is 5.54. The van der Waals surface area contributed by atoms with Gasteiger partial charge in [-0.2, -0.15) is 0 Å². The molecule has 1 saturated heterocycles. The van der Waals surface area contributed by atoms with E-state index in [1.54, 1.807) is 24.1 Å². The van der Waals surface area contributed by atoms with Crippen molar-refractivity contribution in [3.63, 3.8) is 0 Å². The maximum absolute atomic E-state index is 12.8. The lowest BCUT2D eigenvalue weighted by Crippen LogP contribution is -2.42. The molecule has 0 spiro atoms. The fourth-order valence-corrected chi connectivity index (χ4v) is 4.24. The Morgan fingerprint density at radius 3 is 2.54 bits per heavy atom. The lowest BCUT2D eigenvalue weighted by atomic mass is 9.85. The zero-order chi connectivity index (χ0) is 18.8. The van der Waals surface area contributed by atoms with Gasteiger partial charge in [-0.1, -0.05) is 23.7 Å². The standard InChI is InChI=1S/C19H23ClN2O4/c1-22-16(23)10-15(17(22)12-3-2-4-13(20)9-12)18(24)21-14-7-5-11(6-8-14)19(25)26/h2-4,9,11,14-15,17H,5-8,10H2,1H3,(H,21,24)(H,25,26)/t11?,14?,15-,17+/m0/s1. The van der Waals surface area contributed by atoms with Crippen LogP contribution in [0, 0.1) is 11.8 Å². The van der Waals surface area contributed by atoms with Crippen LogP contribution in [0.5, 0.6) is 0 Å². The molecule has 1 heterocycles. The first-order valence-corrected chi connectivity index (χ1v) is 9.29. The maximum Gasteiger partial charge on any atom is 0.306 e. The van der Waals surface area contributed by atoms with Crippen LogP contribution < -0.4 is 5.32 Å². The highest BCUT2D eigenvalue weighted by Crippen LogP contribution is 2.38. The summed E-state index contributed by atoms with van der Waals surface area (Å²) in [5.41, 5.74) is 0.848. The molecule has 6 nitrogen and oxygen atoms in total. The number of hydrogen-bond acceptors (Lipinski definition) is 3. The molecule has 140 valence electrons. The van der Waals surface area contributed by atoms with E-state index in [0.717, 1.165) is 5.56 Å². The van der Waals surface area contributed by atoms with Crippen molar-refractivity contribution in [1.82, 2.24) is 10.2 Å². The van der Waals surface area contributed by atoms with E-state index in [-0.39, 0.29) is 36.2 Å². The minimum Gasteiger partial charge on any atom is -0.481 e. The number of carboxylic acid groups (broad SMARTS) is 1. The predicted octanol–water partition coefficient (Wildman–Crippen LogP) is 2.62. The number of carboxylic acids is 1. The summed E-state index contributed by atoms with van der Waals surface area (Å²) in [6.45, 7) is 0. The molecule has 1 aliphatic carbocycles. The Morgan fingerprint density at radius 2 is 1.92 bits per heavy atom. The Labute approximate surface area is 157 Å². The van der Waals surface area contributed by atoms with E-state index in [1.807, 2.05) is 12.1 Å². The quantitative estimate of drug-likeness (QED) is 0.843. The molecule has 0 unspecified atom stereocenters. The van der Waals surface area contributed by atoms with Gasteiger partial charge in [0.05, 0.1) is 17.9 Å². The molecule has 2 N–H and O–H groups in total. The summed E-state index contributed by atoms with van der Waals surface area (Å²) in [6.07, 6.45) is 2.62. The predicted molar refractivity (Wildman–Crippen MR) is 96.6 cm³/mol. The van der Waals surface area contributed by atoms with E-state index >= 15 is 0 Å². The van der Waals surface area contributed by atoms with Crippen LogP contribution in [0.2, 0.25) is 5.02 Å². The first-order valence-electron chi connectivity index (χ1n) is 8.91. The number of rotatable bonds is 4. The fraction of sp³-hybridized carbons (Fsp3) is 0.526. The smallest absolute Gasteiger partial charge is 0.306 e. The van der Waals surface area contributed by atoms with Gasteiger partial charge in [-0.15, -0.1) is 0 Å². The summed E-state index contributed by atoms with van der Waals surface area (Å²) < 4.78 is 0. The topological polar surface area (TPSA) is 86.7 Å². The number of amides is 2. The second kappa shape index (κ2) is 7.66. The molecule has 1 aliphatic heterocycles. The first-order chi connectivity index (χ1) is 12.4.